The quantitative estimate of drug-likeness (QED) is 0.640. The van der Waals surface area contributed by atoms with E-state index >= 15 is 0 Å². The van der Waals surface area contributed by atoms with E-state index in [1.54, 1.807) is 0 Å². The monoisotopic (exact) mass is 317 g/mol. The van der Waals surface area contributed by atoms with E-state index in [4.69, 9.17) is 27.9 Å². The van der Waals surface area contributed by atoms with Gasteiger partial charge in [0.1, 0.15) is 0 Å². The van der Waals surface area contributed by atoms with Gasteiger partial charge in [0.2, 0.25) is 0 Å². The smallest absolute Gasteiger partial charge is 0.0595 e. The van der Waals surface area contributed by atoms with Crippen molar-refractivity contribution in [1.29, 1.82) is 0 Å². The molecule has 1 unspecified atom stereocenters. The molecule has 2 nitrogen and oxygen atoms in total. The second-order valence-electron chi connectivity index (χ2n) is 5.38. The molecule has 1 N–H and O–H groups in total. The molecule has 0 spiro atoms. The van der Waals surface area contributed by atoms with Crippen molar-refractivity contribution in [2.45, 2.75) is 39.7 Å². The Labute approximate surface area is 132 Å². The Hall–Kier alpha value is -0.280. The molecule has 0 aliphatic rings. The molecule has 0 aliphatic carbocycles. The SMILES string of the molecule is CCC(NCCOCCC(C)C)c1ccc(Cl)c(Cl)c1. The van der Waals surface area contributed by atoms with Crippen LogP contribution in [0.5, 0.6) is 0 Å². The Balaban J connectivity index is 2.34. The summed E-state index contributed by atoms with van der Waals surface area (Å²) in [4.78, 5) is 0. The maximum atomic E-state index is 6.06. The van der Waals surface area contributed by atoms with Gasteiger partial charge >= 0.3 is 0 Å². The van der Waals surface area contributed by atoms with Crippen molar-refractivity contribution in [3.05, 3.63) is 33.8 Å². The Morgan fingerprint density at radius 1 is 1.15 bits per heavy atom. The molecule has 0 aliphatic heterocycles. The van der Waals surface area contributed by atoms with Crippen LogP contribution >= 0.6 is 23.2 Å². The van der Waals surface area contributed by atoms with Crippen molar-refractivity contribution >= 4 is 23.2 Å². The zero-order valence-corrected chi connectivity index (χ0v) is 14.1. The Morgan fingerprint density at radius 2 is 1.90 bits per heavy atom. The second-order valence-corrected chi connectivity index (χ2v) is 6.20. The van der Waals surface area contributed by atoms with Crippen molar-refractivity contribution in [3.8, 4) is 0 Å². The van der Waals surface area contributed by atoms with Crippen LogP contribution in [0.2, 0.25) is 10.0 Å². The number of hydrogen-bond donors (Lipinski definition) is 1. The van der Waals surface area contributed by atoms with Crippen LogP contribution in [0.4, 0.5) is 0 Å². The molecule has 0 aromatic heterocycles. The van der Waals surface area contributed by atoms with Crippen LogP contribution in [0.3, 0.4) is 0 Å². The minimum absolute atomic E-state index is 0.290. The van der Waals surface area contributed by atoms with Crippen molar-refractivity contribution < 1.29 is 4.74 Å². The van der Waals surface area contributed by atoms with E-state index in [0.29, 0.717) is 22.0 Å². The summed E-state index contributed by atoms with van der Waals surface area (Å²) in [5, 5.41) is 4.70. The predicted molar refractivity (Wildman–Crippen MR) is 87.8 cm³/mol. The van der Waals surface area contributed by atoms with Crippen molar-refractivity contribution in [2.75, 3.05) is 19.8 Å². The van der Waals surface area contributed by atoms with E-state index in [9.17, 15) is 0 Å². The Kier molecular flexibility index (Phi) is 8.55. The van der Waals surface area contributed by atoms with Gasteiger partial charge in [-0.1, -0.05) is 50.0 Å². The normalized spacial score (nSPS) is 12.9. The van der Waals surface area contributed by atoms with E-state index < -0.39 is 0 Å². The maximum absolute atomic E-state index is 6.06. The molecule has 0 saturated heterocycles. The molecule has 0 heterocycles. The lowest BCUT2D eigenvalue weighted by atomic mass is 10.0. The van der Waals surface area contributed by atoms with Crippen molar-refractivity contribution in [1.82, 2.24) is 5.32 Å². The molecular weight excluding hydrogens is 293 g/mol. The molecule has 1 rings (SSSR count). The minimum atomic E-state index is 0.290. The molecule has 0 fully saturated rings. The van der Waals surface area contributed by atoms with Gasteiger partial charge in [-0.3, -0.25) is 0 Å². The van der Waals surface area contributed by atoms with Crippen LogP contribution in [0.25, 0.3) is 0 Å². The molecule has 20 heavy (non-hydrogen) atoms. The lowest BCUT2D eigenvalue weighted by Gasteiger charge is -2.18. The highest BCUT2D eigenvalue weighted by Gasteiger charge is 2.10. The highest BCUT2D eigenvalue weighted by molar-refractivity contribution is 6.42. The van der Waals surface area contributed by atoms with Gasteiger partial charge in [-0.05, 0) is 36.5 Å². The third-order valence-corrected chi connectivity index (χ3v) is 3.97. The lowest BCUT2D eigenvalue weighted by molar-refractivity contribution is 0.123. The summed E-state index contributed by atoms with van der Waals surface area (Å²) in [6.07, 6.45) is 2.12. The highest BCUT2D eigenvalue weighted by Crippen LogP contribution is 2.26. The van der Waals surface area contributed by atoms with Crippen molar-refractivity contribution in [2.24, 2.45) is 5.92 Å². The maximum Gasteiger partial charge on any atom is 0.0595 e. The fourth-order valence-corrected chi connectivity index (χ4v) is 2.26. The zero-order valence-electron chi connectivity index (χ0n) is 12.6. The predicted octanol–water partition coefficient (Wildman–Crippen LogP) is 5.10. The van der Waals surface area contributed by atoms with Gasteiger partial charge in [0, 0.05) is 19.2 Å². The summed E-state index contributed by atoms with van der Waals surface area (Å²) >= 11 is 12.0. The molecule has 1 atom stereocenters. The fraction of sp³-hybridized carbons (Fsp3) is 0.625. The third-order valence-electron chi connectivity index (χ3n) is 3.23. The van der Waals surface area contributed by atoms with E-state index in [1.807, 2.05) is 18.2 Å². The van der Waals surface area contributed by atoms with Gasteiger partial charge in [0.05, 0.1) is 16.7 Å². The topological polar surface area (TPSA) is 21.3 Å². The molecule has 0 saturated carbocycles. The summed E-state index contributed by atoms with van der Waals surface area (Å²) in [6, 6.07) is 6.10. The second kappa shape index (κ2) is 9.62. The number of ether oxygens (including phenoxy) is 1. The molecule has 1 aromatic rings. The molecule has 4 heteroatoms. The largest absolute Gasteiger partial charge is 0.380 e. The molecule has 0 radical (unpaired) electrons. The Bertz CT molecular complexity index is 396. The first kappa shape index (κ1) is 17.8. The van der Waals surface area contributed by atoms with E-state index in [0.717, 1.165) is 32.6 Å². The minimum Gasteiger partial charge on any atom is -0.380 e. The molecule has 0 amide bonds. The molecule has 114 valence electrons. The average molecular weight is 318 g/mol. The number of hydrogen-bond acceptors (Lipinski definition) is 2. The first-order valence-electron chi connectivity index (χ1n) is 7.30. The summed E-state index contributed by atoms with van der Waals surface area (Å²) in [6.45, 7) is 8.99. The number of halogens is 2. The summed E-state index contributed by atoms with van der Waals surface area (Å²) < 4.78 is 5.61. The van der Waals surface area contributed by atoms with Gasteiger partial charge < -0.3 is 10.1 Å². The van der Waals surface area contributed by atoms with Crippen LogP contribution < -0.4 is 5.32 Å². The fourth-order valence-electron chi connectivity index (χ4n) is 1.95. The third kappa shape index (κ3) is 6.45. The first-order chi connectivity index (χ1) is 9.54. The lowest BCUT2D eigenvalue weighted by Crippen LogP contribution is -2.25. The number of benzene rings is 1. The Morgan fingerprint density at radius 3 is 2.50 bits per heavy atom. The molecular formula is C16H25Cl2NO. The van der Waals surface area contributed by atoms with Crippen LogP contribution in [0.15, 0.2) is 18.2 Å². The summed E-state index contributed by atoms with van der Waals surface area (Å²) in [7, 11) is 0. The highest BCUT2D eigenvalue weighted by atomic mass is 35.5. The first-order valence-corrected chi connectivity index (χ1v) is 8.06. The number of nitrogens with one attached hydrogen (secondary N) is 1. The molecule has 0 bridgehead atoms. The van der Waals surface area contributed by atoms with Gasteiger partial charge in [-0.2, -0.15) is 0 Å². The average Bonchev–Trinajstić information content (AvgIpc) is 2.41. The zero-order chi connectivity index (χ0) is 15.0. The van der Waals surface area contributed by atoms with E-state index in [-0.39, 0.29) is 0 Å². The number of rotatable bonds is 9. The molecule has 1 aromatic carbocycles. The summed E-state index contributed by atoms with van der Waals surface area (Å²) in [5.41, 5.74) is 1.17. The van der Waals surface area contributed by atoms with Gasteiger partial charge in [0.25, 0.3) is 0 Å². The van der Waals surface area contributed by atoms with Gasteiger partial charge in [0.15, 0.2) is 0 Å². The van der Waals surface area contributed by atoms with Crippen LogP contribution in [0.1, 0.15) is 45.2 Å². The van der Waals surface area contributed by atoms with Crippen molar-refractivity contribution in [3.63, 3.8) is 0 Å². The van der Waals surface area contributed by atoms with E-state index in [2.05, 4.69) is 26.1 Å². The van der Waals surface area contributed by atoms with Gasteiger partial charge in [-0.15, -0.1) is 0 Å². The van der Waals surface area contributed by atoms with Crippen LogP contribution in [-0.4, -0.2) is 19.8 Å². The van der Waals surface area contributed by atoms with Gasteiger partial charge in [-0.25, -0.2) is 0 Å². The standard InChI is InChI=1S/C16H25Cl2NO/c1-4-16(13-5-6-14(17)15(18)11-13)19-8-10-20-9-7-12(2)3/h5-6,11-12,16,19H,4,7-10H2,1-3H3. The van der Waals surface area contributed by atoms with Crippen LogP contribution in [-0.2, 0) is 4.74 Å². The van der Waals surface area contributed by atoms with Crippen LogP contribution in [0, 0.1) is 5.92 Å². The van der Waals surface area contributed by atoms with E-state index in [1.165, 1.54) is 5.56 Å². The summed E-state index contributed by atoms with van der Waals surface area (Å²) in [5.74, 6) is 0.697.